The zero-order chi connectivity index (χ0) is 23.8. The quantitative estimate of drug-likeness (QED) is 0.228. The Balaban J connectivity index is 1.84. The number of aliphatic carboxylic acids is 2. The minimum absolute atomic E-state index is 0.0335. The number of hydrogen-bond acceptors (Lipinski definition) is 10. The van der Waals surface area contributed by atoms with Gasteiger partial charge in [-0.15, -0.1) is 23.1 Å². The Morgan fingerprint density at radius 2 is 2.12 bits per heavy atom. The maximum atomic E-state index is 12.9. The van der Waals surface area contributed by atoms with Gasteiger partial charge in [0.1, 0.15) is 22.8 Å². The Hall–Kier alpha value is -3.39. The summed E-state index contributed by atoms with van der Waals surface area (Å²) in [6.07, 6.45) is 1.38. The number of carbonyl (C=O) groups is 4. The first-order chi connectivity index (χ1) is 15.0. The first kappa shape index (κ1) is 23.3. The number of anilines is 1. The van der Waals surface area contributed by atoms with Gasteiger partial charge < -0.3 is 26.1 Å². The third-order valence-corrected chi connectivity index (χ3v) is 6.57. The van der Waals surface area contributed by atoms with Crippen LogP contribution in [-0.4, -0.2) is 72.3 Å². The lowest BCUT2D eigenvalue weighted by Crippen LogP contribution is -2.71. The van der Waals surface area contributed by atoms with E-state index in [0.717, 1.165) is 16.2 Å². The molecule has 2 atom stereocenters. The lowest BCUT2D eigenvalue weighted by atomic mass is 10.0. The van der Waals surface area contributed by atoms with Gasteiger partial charge in [-0.3, -0.25) is 14.5 Å². The van der Waals surface area contributed by atoms with Gasteiger partial charge in [0.15, 0.2) is 10.8 Å². The molecule has 2 aliphatic rings. The number of aromatic nitrogens is 1. The van der Waals surface area contributed by atoms with Gasteiger partial charge in [0, 0.05) is 11.1 Å². The molecule has 0 spiro atoms. The maximum Gasteiger partial charge on any atom is 0.352 e. The molecule has 170 valence electrons. The van der Waals surface area contributed by atoms with Crippen LogP contribution in [-0.2, 0) is 24.0 Å². The summed E-state index contributed by atoms with van der Waals surface area (Å²) in [5.74, 6) is -3.76. The molecule has 0 radical (unpaired) electrons. The van der Waals surface area contributed by atoms with E-state index in [2.05, 4.69) is 22.0 Å². The lowest BCUT2D eigenvalue weighted by Gasteiger charge is -2.49. The molecule has 1 saturated heterocycles. The highest BCUT2D eigenvalue weighted by molar-refractivity contribution is 8.00. The fourth-order valence-electron chi connectivity index (χ4n) is 2.81. The number of oxime groups is 1. The normalized spacial score (nSPS) is 20.9. The number of hydrogen-bond donors (Lipinski definition) is 4. The van der Waals surface area contributed by atoms with Crippen molar-refractivity contribution in [3.63, 3.8) is 0 Å². The van der Waals surface area contributed by atoms with E-state index < -0.39 is 40.8 Å². The molecule has 32 heavy (non-hydrogen) atoms. The van der Waals surface area contributed by atoms with Gasteiger partial charge in [0.05, 0.1) is 0 Å². The Morgan fingerprint density at radius 3 is 2.66 bits per heavy atom. The second-order valence-corrected chi connectivity index (χ2v) is 9.16. The van der Waals surface area contributed by atoms with E-state index in [0.29, 0.717) is 11.3 Å². The van der Waals surface area contributed by atoms with Crippen LogP contribution in [0.3, 0.4) is 0 Å². The monoisotopic (exact) mass is 481 g/mol. The molecular weight excluding hydrogens is 462 g/mol. The van der Waals surface area contributed by atoms with Crippen molar-refractivity contribution in [3.05, 3.63) is 35.0 Å². The summed E-state index contributed by atoms with van der Waals surface area (Å²) in [7, 11) is 0. The lowest BCUT2D eigenvalue weighted by molar-refractivity contribution is -0.161. The molecule has 2 unspecified atom stereocenters. The van der Waals surface area contributed by atoms with Crippen molar-refractivity contribution in [1.82, 2.24) is 15.2 Å². The smallest absolute Gasteiger partial charge is 0.352 e. The number of carboxylic acid groups (broad SMARTS) is 2. The molecule has 14 heteroatoms. The number of nitrogen functional groups attached to an aromatic ring is 1. The summed E-state index contributed by atoms with van der Waals surface area (Å²) < 4.78 is 0. The predicted molar refractivity (Wildman–Crippen MR) is 116 cm³/mol. The van der Waals surface area contributed by atoms with Crippen LogP contribution in [0.25, 0.3) is 0 Å². The number of thiazole rings is 1. The van der Waals surface area contributed by atoms with Crippen LogP contribution >= 0.6 is 23.1 Å². The Bertz CT molecular complexity index is 1080. The zero-order valence-electron chi connectivity index (χ0n) is 16.9. The molecule has 1 aromatic rings. The van der Waals surface area contributed by atoms with Gasteiger partial charge in [-0.25, -0.2) is 14.6 Å². The van der Waals surface area contributed by atoms with Crippen molar-refractivity contribution >= 4 is 57.7 Å². The molecule has 5 N–H and O–H groups in total. The maximum absolute atomic E-state index is 12.9. The number of amides is 2. The third kappa shape index (κ3) is 4.18. The van der Waals surface area contributed by atoms with E-state index >= 15 is 0 Å². The van der Waals surface area contributed by atoms with E-state index in [9.17, 15) is 29.4 Å². The van der Waals surface area contributed by atoms with Crippen LogP contribution in [0.4, 0.5) is 5.13 Å². The molecule has 1 fully saturated rings. The number of thioether (sulfide) groups is 1. The molecule has 12 nitrogen and oxygen atoms in total. The minimum atomic E-state index is -1.74. The molecule has 2 aliphatic heterocycles. The molecule has 0 aromatic carbocycles. The van der Waals surface area contributed by atoms with Crippen LogP contribution in [0.5, 0.6) is 0 Å². The van der Waals surface area contributed by atoms with E-state index in [1.54, 1.807) is 0 Å². The molecule has 3 heterocycles. The summed E-state index contributed by atoms with van der Waals surface area (Å²) in [5.41, 5.74) is 3.77. The van der Waals surface area contributed by atoms with Crippen molar-refractivity contribution in [2.24, 2.45) is 5.16 Å². The van der Waals surface area contributed by atoms with E-state index in [4.69, 9.17) is 10.6 Å². The summed E-state index contributed by atoms with van der Waals surface area (Å²) in [6.45, 7) is 6.06. The standard InChI is InChI=1S/C18H19N5O7S2/c1-4-7-5-31-14-10(13(25)23(14)11(7)15(26)27)21-12(24)9(8-6-32-17(19)20-8)22-30-18(2,3)16(28)29/h4,6,10,14H,1,5H2,2-3H3,(H2,19,20)(H,21,24)(H,26,27)(H,28,29)/b22-9+. The predicted octanol–water partition coefficient (Wildman–Crippen LogP) is 0.234. The number of nitrogens with two attached hydrogens (primary N) is 1. The van der Waals surface area contributed by atoms with Crippen LogP contribution in [0.15, 0.2) is 34.5 Å². The fraction of sp³-hybridized carbons (Fsp3) is 0.333. The topological polar surface area (TPSA) is 185 Å². The van der Waals surface area contributed by atoms with E-state index in [1.165, 1.54) is 37.1 Å². The van der Waals surface area contributed by atoms with Crippen LogP contribution < -0.4 is 11.1 Å². The number of nitrogens with zero attached hydrogens (tertiary/aromatic N) is 3. The second kappa shape index (κ2) is 8.63. The molecule has 1 aromatic heterocycles. The molecule has 2 amide bonds. The van der Waals surface area contributed by atoms with E-state index in [1.807, 2.05) is 0 Å². The second-order valence-electron chi connectivity index (χ2n) is 7.16. The third-order valence-electron chi connectivity index (χ3n) is 4.59. The highest BCUT2D eigenvalue weighted by Gasteiger charge is 2.54. The number of nitrogens with one attached hydrogen (secondary N) is 1. The van der Waals surface area contributed by atoms with Crippen molar-refractivity contribution in [1.29, 1.82) is 0 Å². The summed E-state index contributed by atoms with van der Waals surface area (Å²) in [4.78, 5) is 58.6. The number of carbonyl (C=O) groups excluding carboxylic acids is 2. The van der Waals surface area contributed by atoms with Gasteiger partial charge in [-0.1, -0.05) is 17.8 Å². The van der Waals surface area contributed by atoms with Gasteiger partial charge in [0.2, 0.25) is 5.60 Å². The van der Waals surface area contributed by atoms with Crippen LogP contribution in [0.2, 0.25) is 0 Å². The van der Waals surface area contributed by atoms with E-state index in [-0.39, 0.29) is 22.2 Å². The SMILES string of the molecule is C=CC1=C(C(=O)O)N2C(=O)C(NC(=O)/C(=N/OC(C)(C)C(=O)O)c3csc(N)n3)C2SC1. The minimum Gasteiger partial charge on any atom is -0.478 e. The number of rotatable bonds is 8. The average Bonchev–Trinajstić information content (AvgIpc) is 3.16. The van der Waals surface area contributed by atoms with Gasteiger partial charge >= 0.3 is 11.9 Å². The summed E-state index contributed by atoms with van der Waals surface area (Å²) >= 11 is 2.30. The fourth-order valence-corrected chi connectivity index (χ4v) is 4.70. The number of β-lactam (4-membered cyclic amide) rings is 1. The summed E-state index contributed by atoms with van der Waals surface area (Å²) in [6, 6.07) is -1.03. The largest absolute Gasteiger partial charge is 0.478 e. The first-order valence-electron chi connectivity index (χ1n) is 9.03. The van der Waals surface area contributed by atoms with Gasteiger partial charge in [-0.05, 0) is 19.4 Å². The highest BCUT2D eigenvalue weighted by atomic mass is 32.2. The zero-order valence-corrected chi connectivity index (χ0v) is 18.5. The highest BCUT2D eigenvalue weighted by Crippen LogP contribution is 2.40. The Morgan fingerprint density at radius 1 is 1.44 bits per heavy atom. The van der Waals surface area contributed by atoms with Gasteiger partial charge in [-0.2, -0.15) is 0 Å². The molecule has 3 rings (SSSR count). The Labute approximate surface area is 189 Å². The summed E-state index contributed by atoms with van der Waals surface area (Å²) in [5, 5.41) is 25.8. The van der Waals surface area contributed by atoms with Gasteiger partial charge in [0.25, 0.3) is 11.8 Å². The number of fused-ring (bicyclic) bond motifs is 1. The number of allylic oxidation sites excluding steroid dienone is 1. The van der Waals surface area contributed by atoms with Crippen molar-refractivity contribution in [2.75, 3.05) is 11.5 Å². The Kier molecular flexibility index (Phi) is 6.27. The molecule has 0 bridgehead atoms. The van der Waals surface area contributed by atoms with Crippen LogP contribution in [0, 0.1) is 0 Å². The van der Waals surface area contributed by atoms with Crippen molar-refractivity contribution < 1.29 is 34.2 Å². The molecular formula is C18H19N5O7S2. The molecule has 0 aliphatic carbocycles. The average molecular weight is 482 g/mol. The van der Waals surface area contributed by atoms with Crippen LogP contribution in [0.1, 0.15) is 19.5 Å². The number of carboxylic acids is 2. The first-order valence-corrected chi connectivity index (χ1v) is 11.0. The van der Waals surface area contributed by atoms with Crippen molar-refractivity contribution in [3.8, 4) is 0 Å². The molecule has 0 saturated carbocycles. The van der Waals surface area contributed by atoms with Crippen molar-refractivity contribution in [2.45, 2.75) is 30.9 Å².